The fourth-order valence-electron chi connectivity index (χ4n) is 3.13. The Labute approximate surface area is 120 Å². The lowest BCUT2D eigenvalue weighted by molar-refractivity contribution is 0.0111. The first kappa shape index (κ1) is 13.4. The number of morpholine rings is 1. The standard InChI is InChI=1S/C16H22N2O2/c19-16(17-14-8-4-5-9-14)18-10-11-20-12-15(18)13-6-2-1-3-7-13/h1-3,6-7,14-15H,4-5,8-12H2,(H,17,19). The van der Waals surface area contributed by atoms with Crippen molar-refractivity contribution < 1.29 is 9.53 Å². The molecular weight excluding hydrogens is 252 g/mol. The summed E-state index contributed by atoms with van der Waals surface area (Å²) in [6.45, 7) is 1.88. The molecule has 1 aliphatic heterocycles. The Bertz CT molecular complexity index is 443. The molecule has 1 saturated carbocycles. The summed E-state index contributed by atoms with van der Waals surface area (Å²) in [5.74, 6) is 0. The Balaban J connectivity index is 1.70. The third-order valence-electron chi connectivity index (χ3n) is 4.26. The van der Waals surface area contributed by atoms with Crippen molar-refractivity contribution in [1.82, 2.24) is 10.2 Å². The molecular formula is C16H22N2O2. The van der Waals surface area contributed by atoms with Crippen LogP contribution in [0.2, 0.25) is 0 Å². The first-order valence-corrected chi connectivity index (χ1v) is 7.54. The lowest BCUT2D eigenvalue weighted by atomic mass is 10.1. The monoisotopic (exact) mass is 274 g/mol. The molecule has 4 nitrogen and oxygen atoms in total. The Morgan fingerprint density at radius 1 is 1.20 bits per heavy atom. The van der Waals surface area contributed by atoms with Crippen LogP contribution < -0.4 is 5.32 Å². The van der Waals surface area contributed by atoms with Crippen molar-refractivity contribution in [2.75, 3.05) is 19.8 Å². The van der Waals surface area contributed by atoms with Crippen LogP contribution in [-0.4, -0.2) is 36.7 Å². The van der Waals surface area contributed by atoms with Crippen molar-refractivity contribution in [2.45, 2.75) is 37.8 Å². The molecule has 4 heteroatoms. The molecule has 1 heterocycles. The van der Waals surface area contributed by atoms with Gasteiger partial charge in [-0.1, -0.05) is 43.2 Å². The Morgan fingerprint density at radius 2 is 1.95 bits per heavy atom. The van der Waals surface area contributed by atoms with Crippen LogP contribution in [0.3, 0.4) is 0 Å². The lowest BCUT2D eigenvalue weighted by Crippen LogP contribution is -2.50. The van der Waals surface area contributed by atoms with Gasteiger partial charge in [-0.05, 0) is 18.4 Å². The number of rotatable bonds is 2. The maximum Gasteiger partial charge on any atom is 0.318 e. The van der Waals surface area contributed by atoms with Crippen LogP contribution in [0.25, 0.3) is 0 Å². The smallest absolute Gasteiger partial charge is 0.318 e. The number of carbonyl (C=O) groups is 1. The van der Waals surface area contributed by atoms with E-state index in [1.54, 1.807) is 0 Å². The first-order chi connectivity index (χ1) is 9.84. The van der Waals surface area contributed by atoms with E-state index in [0.717, 1.165) is 18.4 Å². The van der Waals surface area contributed by atoms with Crippen molar-refractivity contribution in [3.63, 3.8) is 0 Å². The maximum absolute atomic E-state index is 12.5. The van der Waals surface area contributed by atoms with Crippen LogP contribution in [0, 0.1) is 0 Å². The minimum absolute atomic E-state index is 0.0337. The molecule has 1 aromatic rings. The summed E-state index contributed by atoms with van der Waals surface area (Å²) in [6.07, 6.45) is 4.70. The summed E-state index contributed by atoms with van der Waals surface area (Å²) >= 11 is 0. The molecule has 0 aromatic heterocycles. The van der Waals surface area contributed by atoms with Crippen molar-refractivity contribution in [3.8, 4) is 0 Å². The van der Waals surface area contributed by atoms with Gasteiger partial charge in [-0.25, -0.2) is 4.79 Å². The molecule has 1 aliphatic carbocycles. The number of urea groups is 1. The Kier molecular flexibility index (Phi) is 4.21. The predicted molar refractivity (Wildman–Crippen MR) is 77.5 cm³/mol. The summed E-state index contributed by atoms with van der Waals surface area (Å²) in [7, 11) is 0. The molecule has 1 aromatic carbocycles. The van der Waals surface area contributed by atoms with Gasteiger partial charge < -0.3 is 15.0 Å². The molecule has 0 spiro atoms. The van der Waals surface area contributed by atoms with E-state index in [2.05, 4.69) is 17.4 Å². The Hall–Kier alpha value is -1.55. The zero-order valence-electron chi connectivity index (χ0n) is 11.8. The van der Waals surface area contributed by atoms with Gasteiger partial charge in [-0.3, -0.25) is 0 Å². The molecule has 1 unspecified atom stereocenters. The van der Waals surface area contributed by atoms with Crippen LogP contribution in [0.4, 0.5) is 4.79 Å². The van der Waals surface area contributed by atoms with Crippen LogP contribution in [0.15, 0.2) is 30.3 Å². The van der Waals surface area contributed by atoms with E-state index < -0.39 is 0 Å². The first-order valence-electron chi connectivity index (χ1n) is 7.54. The predicted octanol–water partition coefficient (Wildman–Crippen LogP) is 2.71. The van der Waals surface area contributed by atoms with E-state index in [4.69, 9.17) is 4.74 Å². The molecule has 0 radical (unpaired) electrons. The highest BCUT2D eigenvalue weighted by Gasteiger charge is 2.30. The van der Waals surface area contributed by atoms with Gasteiger partial charge in [0.05, 0.1) is 19.3 Å². The number of carbonyl (C=O) groups excluding carboxylic acids is 1. The van der Waals surface area contributed by atoms with Gasteiger partial charge in [0.15, 0.2) is 0 Å². The van der Waals surface area contributed by atoms with E-state index in [9.17, 15) is 4.79 Å². The van der Waals surface area contributed by atoms with Gasteiger partial charge in [0.1, 0.15) is 0 Å². The second kappa shape index (κ2) is 6.27. The third-order valence-corrected chi connectivity index (χ3v) is 4.26. The zero-order valence-corrected chi connectivity index (χ0v) is 11.8. The highest BCUT2D eigenvalue weighted by Crippen LogP contribution is 2.25. The van der Waals surface area contributed by atoms with Gasteiger partial charge in [-0.15, -0.1) is 0 Å². The minimum atomic E-state index is 0.0337. The molecule has 108 valence electrons. The summed E-state index contributed by atoms with van der Waals surface area (Å²) in [4.78, 5) is 14.4. The lowest BCUT2D eigenvalue weighted by Gasteiger charge is -2.36. The fraction of sp³-hybridized carbons (Fsp3) is 0.562. The van der Waals surface area contributed by atoms with E-state index in [-0.39, 0.29) is 12.1 Å². The molecule has 20 heavy (non-hydrogen) atoms. The van der Waals surface area contributed by atoms with E-state index in [1.807, 2.05) is 23.1 Å². The van der Waals surface area contributed by atoms with Gasteiger partial charge in [0.2, 0.25) is 0 Å². The highest BCUT2D eigenvalue weighted by atomic mass is 16.5. The largest absolute Gasteiger partial charge is 0.377 e. The normalized spacial score (nSPS) is 23.8. The van der Waals surface area contributed by atoms with Gasteiger partial charge in [0.25, 0.3) is 0 Å². The number of ether oxygens (including phenoxy) is 1. The van der Waals surface area contributed by atoms with Crippen LogP contribution in [-0.2, 0) is 4.74 Å². The van der Waals surface area contributed by atoms with Crippen molar-refractivity contribution in [2.24, 2.45) is 0 Å². The molecule has 2 fully saturated rings. The quantitative estimate of drug-likeness (QED) is 0.901. The third kappa shape index (κ3) is 2.96. The summed E-state index contributed by atoms with van der Waals surface area (Å²) in [5, 5.41) is 3.18. The van der Waals surface area contributed by atoms with Crippen molar-refractivity contribution in [1.29, 1.82) is 0 Å². The molecule has 1 saturated heterocycles. The molecule has 2 aliphatic rings. The van der Waals surface area contributed by atoms with Gasteiger partial charge >= 0.3 is 6.03 Å². The summed E-state index contributed by atoms with van der Waals surface area (Å²) < 4.78 is 5.57. The van der Waals surface area contributed by atoms with Crippen molar-refractivity contribution >= 4 is 6.03 Å². The topological polar surface area (TPSA) is 41.6 Å². The number of benzene rings is 1. The van der Waals surface area contributed by atoms with Crippen LogP contribution in [0.1, 0.15) is 37.3 Å². The summed E-state index contributed by atoms with van der Waals surface area (Å²) in [6, 6.07) is 10.6. The minimum Gasteiger partial charge on any atom is -0.377 e. The van der Waals surface area contributed by atoms with Crippen molar-refractivity contribution in [3.05, 3.63) is 35.9 Å². The van der Waals surface area contributed by atoms with Crippen LogP contribution >= 0.6 is 0 Å². The zero-order chi connectivity index (χ0) is 13.8. The second-order valence-corrected chi connectivity index (χ2v) is 5.63. The highest BCUT2D eigenvalue weighted by molar-refractivity contribution is 5.75. The average Bonchev–Trinajstić information content (AvgIpc) is 3.01. The van der Waals surface area contributed by atoms with Gasteiger partial charge in [0, 0.05) is 12.6 Å². The average molecular weight is 274 g/mol. The van der Waals surface area contributed by atoms with Gasteiger partial charge in [-0.2, -0.15) is 0 Å². The van der Waals surface area contributed by atoms with E-state index in [1.165, 1.54) is 12.8 Å². The maximum atomic E-state index is 12.5. The van der Waals surface area contributed by atoms with E-state index in [0.29, 0.717) is 25.8 Å². The second-order valence-electron chi connectivity index (χ2n) is 5.63. The number of nitrogens with one attached hydrogen (secondary N) is 1. The number of hydrogen-bond acceptors (Lipinski definition) is 2. The fourth-order valence-corrected chi connectivity index (χ4v) is 3.13. The summed E-state index contributed by atoms with van der Waals surface area (Å²) in [5.41, 5.74) is 1.15. The number of amides is 2. The molecule has 0 bridgehead atoms. The SMILES string of the molecule is O=C(NC1CCCC1)N1CCOCC1c1ccccc1. The molecule has 2 amide bonds. The number of hydrogen-bond donors (Lipinski definition) is 1. The molecule has 3 rings (SSSR count). The number of nitrogens with zero attached hydrogens (tertiary/aromatic N) is 1. The Morgan fingerprint density at radius 3 is 2.70 bits per heavy atom. The molecule has 1 atom stereocenters. The van der Waals surface area contributed by atoms with Crippen LogP contribution in [0.5, 0.6) is 0 Å². The van der Waals surface area contributed by atoms with E-state index >= 15 is 0 Å². The molecule has 1 N–H and O–H groups in total.